The Bertz CT molecular complexity index is 9140. The number of hydrogen-bond donors (Lipinski definition) is 0. The van der Waals surface area contributed by atoms with E-state index in [0.29, 0.717) is 0 Å². The minimum atomic E-state index is 0.885. The fourth-order valence-electron chi connectivity index (χ4n) is 20.0. The fourth-order valence-corrected chi connectivity index (χ4v) is 20.0. The van der Waals surface area contributed by atoms with E-state index < -0.39 is 0 Å². The minimum absolute atomic E-state index is 0.885. The van der Waals surface area contributed by atoms with Gasteiger partial charge >= 0.3 is 0 Å². The minimum Gasteiger partial charge on any atom is -0.456 e. The largest absolute Gasteiger partial charge is 0.456 e. The third kappa shape index (κ3) is 18.4. The highest BCUT2D eigenvalue weighted by atomic mass is 16.3. The van der Waals surface area contributed by atoms with E-state index in [0.717, 1.165) is 167 Å². The molecule has 0 spiro atoms. The van der Waals surface area contributed by atoms with Gasteiger partial charge in [-0.1, -0.05) is 370 Å². The zero-order valence-electron chi connectivity index (χ0n) is 79.6. The molecule has 8 nitrogen and oxygen atoms in total. The molecule has 27 rings (SSSR count). The van der Waals surface area contributed by atoms with Crippen molar-refractivity contribution < 1.29 is 17.7 Å². The Morgan fingerprint density at radius 3 is 0.697 bits per heavy atom. The molecule has 4 aromatic heterocycles. The average Bonchev–Trinajstić information content (AvgIpc) is 1.65. The van der Waals surface area contributed by atoms with Gasteiger partial charge in [-0.05, 0) is 266 Å². The highest BCUT2D eigenvalue weighted by molar-refractivity contribution is 6.10. The lowest BCUT2D eigenvalue weighted by Gasteiger charge is -2.26. The third-order valence-corrected chi connectivity index (χ3v) is 27.1. The SMILES string of the molecule is Cc1cccc(-c2ccc(N(c3ccccc3)c3ccc4c(c3)oc3ccccc34)cc2)c1.c1ccc(-c2ccc(N(c3ccc(-c4ccccc4)cc3)c3ccc4c(c3)oc3ccccc34)cc2)cc1.c1ccc(-c2ccc(N(c3ccccc3)c3cccc(-c4ccc5c(c4)oc4ccccc45)c3)cc2)cc1.c1ccc(N(c2ccc(-c3cccc4ccccc34)cc2)c2ccc3c(c2)oc2ccccc23)cc1. The van der Waals surface area contributed by atoms with Gasteiger partial charge in [0.25, 0.3) is 0 Å². The van der Waals surface area contributed by atoms with Crippen molar-refractivity contribution in [3.05, 3.63) is 570 Å². The van der Waals surface area contributed by atoms with Crippen LogP contribution in [0.3, 0.4) is 0 Å². The number of furan rings is 4. The first-order valence-electron chi connectivity index (χ1n) is 49.1. The van der Waals surface area contributed by atoms with Crippen LogP contribution in [0.1, 0.15) is 5.56 Å². The second-order valence-corrected chi connectivity index (χ2v) is 36.3. The molecule has 0 aliphatic carbocycles. The van der Waals surface area contributed by atoms with E-state index in [9.17, 15) is 0 Å². The summed E-state index contributed by atoms with van der Waals surface area (Å²) in [5.74, 6) is 0. The average molecular weight is 1860 g/mol. The molecule has 0 aliphatic rings. The lowest BCUT2D eigenvalue weighted by atomic mass is 9.98. The Kier molecular flexibility index (Phi) is 24.3. The van der Waals surface area contributed by atoms with Crippen molar-refractivity contribution in [3.63, 3.8) is 0 Å². The van der Waals surface area contributed by atoms with Crippen molar-refractivity contribution in [2.75, 3.05) is 19.6 Å². The lowest BCUT2D eigenvalue weighted by Crippen LogP contribution is -2.09. The number of fused-ring (bicyclic) bond motifs is 13. The summed E-state index contributed by atoms with van der Waals surface area (Å²) in [6.07, 6.45) is 0. The van der Waals surface area contributed by atoms with Gasteiger partial charge in [0.1, 0.15) is 44.7 Å². The van der Waals surface area contributed by atoms with E-state index in [1.807, 2.05) is 78.9 Å². The van der Waals surface area contributed by atoms with E-state index >= 15 is 0 Å². The van der Waals surface area contributed by atoms with Gasteiger partial charge in [0.05, 0.1) is 0 Å². The van der Waals surface area contributed by atoms with Crippen LogP contribution in [0.2, 0.25) is 0 Å². The van der Waals surface area contributed by atoms with E-state index in [1.165, 1.54) is 72.0 Å². The van der Waals surface area contributed by atoms with Crippen molar-refractivity contribution >= 4 is 167 Å². The van der Waals surface area contributed by atoms with Crippen LogP contribution in [0.25, 0.3) is 165 Å². The molecule has 0 aliphatic heterocycles. The fraction of sp³-hybridized carbons (Fsp3) is 0.00730. The summed E-state index contributed by atoms with van der Waals surface area (Å²) < 4.78 is 24.8. The van der Waals surface area contributed by atoms with Gasteiger partial charge in [-0.3, -0.25) is 0 Å². The molecule has 145 heavy (non-hydrogen) atoms. The highest BCUT2D eigenvalue weighted by Gasteiger charge is 2.23. The summed E-state index contributed by atoms with van der Waals surface area (Å²) in [7, 11) is 0. The second-order valence-electron chi connectivity index (χ2n) is 36.3. The molecule has 23 aromatic carbocycles. The summed E-state index contributed by atoms with van der Waals surface area (Å²) >= 11 is 0. The molecule has 4 heterocycles. The molecular formula is C137H96N4O4. The molecule has 0 unspecified atom stereocenters. The van der Waals surface area contributed by atoms with Crippen LogP contribution >= 0.6 is 0 Å². The summed E-state index contributed by atoms with van der Waals surface area (Å²) in [4.78, 5) is 9.14. The lowest BCUT2D eigenvalue weighted by molar-refractivity contribution is 0.668. The predicted molar refractivity (Wildman–Crippen MR) is 608 cm³/mol. The number of aryl methyl sites for hydroxylation is 1. The van der Waals surface area contributed by atoms with Gasteiger partial charge in [-0.25, -0.2) is 0 Å². The maximum atomic E-state index is 6.24. The van der Waals surface area contributed by atoms with Gasteiger partial charge in [-0.2, -0.15) is 0 Å². The molecular weight excluding hydrogens is 1770 g/mol. The first kappa shape index (κ1) is 88.4. The van der Waals surface area contributed by atoms with Crippen LogP contribution < -0.4 is 19.6 Å². The number of nitrogens with zero attached hydrogens (tertiary/aromatic N) is 4. The van der Waals surface area contributed by atoms with Crippen LogP contribution in [-0.2, 0) is 0 Å². The van der Waals surface area contributed by atoms with Crippen LogP contribution in [0.15, 0.2) is 582 Å². The zero-order chi connectivity index (χ0) is 96.7. The van der Waals surface area contributed by atoms with Crippen LogP contribution in [-0.4, -0.2) is 0 Å². The number of hydrogen-bond acceptors (Lipinski definition) is 8. The third-order valence-electron chi connectivity index (χ3n) is 27.1. The smallest absolute Gasteiger partial charge is 0.137 e. The quantitative estimate of drug-likeness (QED) is 0.0842. The second kappa shape index (κ2) is 39.9. The summed E-state index contributed by atoms with van der Waals surface area (Å²) in [6, 6.07) is 198. The number of benzene rings is 23. The Balaban J connectivity index is 0.000000104. The van der Waals surface area contributed by atoms with Crippen molar-refractivity contribution in [1.82, 2.24) is 0 Å². The monoisotopic (exact) mass is 1860 g/mol. The molecule has 0 amide bonds. The molecule has 0 fully saturated rings. The molecule has 688 valence electrons. The van der Waals surface area contributed by atoms with E-state index in [-0.39, 0.29) is 0 Å². The van der Waals surface area contributed by atoms with Crippen LogP contribution in [0, 0.1) is 6.92 Å². The van der Waals surface area contributed by atoms with Crippen molar-refractivity contribution in [2.45, 2.75) is 6.92 Å². The number of rotatable bonds is 18. The first-order chi connectivity index (χ1) is 71.8. The summed E-state index contributed by atoms with van der Waals surface area (Å²) in [5.41, 5.74) is 36.0. The Labute approximate surface area is 841 Å². The van der Waals surface area contributed by atoms with Crippen molar-refractivity contribution in [3.8, 4) is 66.8 Å². The molecule has 0 saturated carbocycles. The van der Waals surface area contributed by atoms with Gasteiger partial charge in [0.15, 0.2) is 0 Å². The molecule has 0 atom stereocenters. The van der Waals surface area contributed by atoms with Crippen LogP contribution in [0.5, 0.6) is 0 Å². The molecule has 0 N–H and O–H groups in total. The molecule has 27 aromatic rings. The Morgan fingerprint density at radius 2 is 0.338 bits per heavy atom. The highest BCUT2D eigenvalue weighted by Crippen LogP contribution is 2.47. The first-order valence-corrected chi connectivity index (χ1v) is 49.1. The van der Waals surface area contributed by atoms with Gasteiger partial charge in [0, 0.05) is 130 Å². The van der Waals surface area contributed by atoms with Crippen LogP contribution in [0.4, 0.5) is 68.2 Å². The normalized spacial score (nSPS) is 11.2. The maximum absolute atomic E-state index is 6.24. The van der Waals surface area contributed by atoms with Crippen molar-refractivity contribution in [1.29, 1.82) is 0 Å². The zero-order valence-corrected chi connectivity index (χ0v) is 79.6. The summed E-state index contributed by atoms with van der Waals surface area (Å²) in [6.45, 7) is 2.13. The van der Waals surface area contributed by atoms with E-state index in [2.05, 4.69) is 512 Å². The van der Waals surface area contributed by atoms with Gasteiger partial charge in [0.2, 0.25) is 0 Å². The number of para-hydroxylation sites is 7. The predicted octanol–water partition coefficient (Wildman–Crippen LogP) is 39.7. The molecule has 8 heteroatoms. The topological polar surface area (TPSA) is 65.5 Å². The van der Waals surface area contributed by atoms with Gasteiger partial charge in [-0.15, -0.1) is 0 Å². The van der Waals surface area contributed by atoms with E-state index in [4.69, 9.17) is 17.7 Å². The number of anilines is 12. The Morgan fingerprint density at radius 1 is 0.124 bits per heavy atom. The molecule has 0 radical (unpaired) electrons. The standard InChI is InChI=1S/2C36H25NO.C34H23NO.C31H23NO/c1-3-10-26(11-4-1)27-18-21-31(22-19-27)37(30-13-5-2-6-14-30)32-15-9-12-28(24-32)29-20-23-34-33-16-7-8-17-35(33)38-36(34)25-29;1-3-9-26(10-4-1)28-15-19-30(20-16-28)37(31-21-17-29(18-22-31)27-11-5-2-6-12-27)32-23-24-34-33-13-7-8-14-35(33)38-36(34)25-32;1-2-11-26(12-3-1)35(28-21-22-32-31-14-6-7-16-33(31)36-34(32)23-28)27-19-17-25(18-20-27)30-15-8-10-24-9-4-5-13-29(24)30;1-22-8-7-9-24(20-22)23-14-16-26(17-15-23)32(25-10-3-2-4-11-25)27-18-19-29-28-12-5-6-13-30(28)33-31(29)21-27/h2*1-25H;1-23H;2-21H,1H3. The molecule has 0 bridgehead atoms. The van der Waals surface area contributed by atoms with Gasteiger partial charge < -0.3 is 37.3 Å². The van der Waals surface area contributed by atoms with E-state index in [1.54, 1.807) is 0 Å². The summed E-state index contributed by atoms with van der Waals surface area (Å²) in [5, 5.41) is 11.6. The Hall–Kier alpha value is -19.3. The van der Waals surface area contributed by atoms with Crippen molar-refractivity contribution in [2.24, 2.45) is 0 Å². The molecule has 0 saturated heterocycles. The maximum Gasteiger partial charge on any atom is 0.137 e.